The SMILES string of the molecule is N#Cc1cc(NC2CCSc3ccccc32)ccc1F. The minimum absolute atomic E-state index is 0.0773. The molecule has 0 amide bonds. The maximum Gasteiger partial charge on any atom is 0.141 e. The van der Waals surface area contributed by atoms with Gasteiger partial charge in [-0.05, 0) is 36.2 Å². The first-order chi connectivity index (χ1) is 9.78. The number of benzene rings is 2. The highest BCUT2D eigenvalue weighted by molar-refractivity contribution is 7.99. The zero-order valence-electron chi connectivity index (χ0n) is 10.8. The lowest BCUT2D eigenvalue weighted by molar-refractivity contribution is 0.623. The fourth-order valence-corrected chi connectivity index (χ4v) is 3.52. The molecule has 2 nitrogen and oxygen atoms in total. The molecule has 2 aromatic carbocycles. The maximum atomic E-state index is 13.3. The number of rotatable bonds is 2. The van der Waals surface area contributed by atoms with Crippen molar-refractivity contribution >= 4 is 17.4 Å². The first-order valence-electron chi connectivity index (χ1n) is 6.46. The van der Waals surface area contributed by atoms with Crippen LogP contribution in [0.15, 0.2) is 47.4 Å². The van der Waals surface area contributed by atoms with Gasteiger partial charge < -0.3 is 5.32 Å². The van der Waals surface area contributed by atoms with Gasteiger partial charge in [-0.25, -0.2) is 4.39 Å². The second-order valence-electron chi connectivity index (χ2n) is 4.68. The third kappa shape index (κ3) is 2.50. The predicted octanol–water partition coefficient (Wildman–Crippen LogP) is 4.35. The van der Waals surface area contributed by atoms with Crippen molar-refractivity contribution in [3.8, 4) is 6.07 Å². The first kappa shape index (κ1) is 13.0. The van der Waals surface area contributed by atoms with Crippen LogP contribution in [0.2, 0.25) is 0 Å². The summed E-state index contributed by atoms with van der Waals surface area (Å²) >= 11 is 1.86. The van der Waals surface area contributed by atoms with Crippen LogP contribution in [0.1, 0.15) is 23.6 Å². The number of nitriles is 1. The molecule has 4 heteroatoms. The number of hydrogen-bond acceptors (Lipinski definition) is 3. The van der Waals surface area contributed by atoms with Crippen LogP contribution in [0, 0.1) is 17.1 Å². The van der Waals surface area contributed by atoms with Gasteiger partial charge in [0.05, 0.1) is 11.6 Å². The number of thioether (sulfide) groups is 1. The second kappa shape index (κ2) is 5.56. The van der Waals surface area contributed by atoms with E-state index in [1.807, 2.05) is 30.0 Å². The summed E-state index contributed by atoms with van der Waals surface area (Å²) in [4.78, 5) is 1.29. The highest BCUT2D eigenvalue weighted by Gasteiger charge is 2.20. The second-order valence-corrected chi connectivity index (χ2v) is 5.82. The molecule has 0 aliphatic carbocycles. The van der Waals surface area contributed by atoms with E-state index in [0.717, 1.165) is 17.9 Å². The molecule has 3 rings (SSSR count). The summed E-state index contributed by atoms with van der Waals surface area (Å²) in [7, 11) is 0. The highest BCUT2D eigenvalue weighted by atomic mass is 32.2. The Kier molecular flexibility index (Phi) is 3.62. The summed E-state index contributed by atoms with van der Waals surface area (Å²) in [6, 6.07) is 15.0. The van der Waals surface area contributed by atoms with Gasteiger partial charge in [-0.15, -0.1) is 11.8 Å². The Morgan fingerprint density at radius 3 is 2.95 bits per heavy atom. The number of halogens is 1. The van der Waals surface area contributed by atoms with E-state index in [4.69, 9.17) is 5.26 Å². The van der Waals surface area contributed by atoms with Gasteiger partial charge in [-0.3, -0.25) is 0 Å². The molecule has 2 aromatic rings. The van der Waals surface area contributed by atoms with Crippen LogP contribution in [-0.4, -0.2) is 5.75 Å². The van der Waals surface area contributed by atoms with Crippen LogP contribution < -0.4 is 5.32 Å². The minimum Gasteiger partial charge on any atom is -0.378 e. The molecule has 1 atom stereocenters. The molecule has 0 saturated carbocycles. The van der Waals surface area contributed by atoms with Crippen molar-refractivity contribution < 1.29 is 4.39 Å². The molecule has 100 valence electrons. The number of nitrogens with zero attached hydrogens (tertiary/aromatic N) is 1. The van der Waals surface area contributed by atoms with Crippen LogP contribution in [0.25, 0.3) is 0 Å². The molecule has 0 radical (unpaired) electrons. The topological polar surface area (TPSA) is 35.8 Å². The lowest BCUT2D eigenvalue weighted by atomic mass is 10.0. The predicted molar refractivity (Wildman–Crippen MR) is 79.3 cm³/mol. The van der Waals surface area contributed by atoms with Crippen molar-refractivity contribution in [3.05, 3.63) is 59.4 Å². The summed E-state index contributed by atoms with van der Waals surface area (Å²) in [5, 5.41) is 12.3. The fraction of sp³-hybridized carbons (Fsp3) is 0.188. The Morgan fingerprint density at radius 1 is 1.25 bits per heavy atom. The Balaban J connectivity index is 1.88. The third-order valence-corrected chi connectivity index (χ3v) is 4.51. The van der Waals surface area contributed by atoms with E-state index in [-0.39, 0.29) is 11.6 Å². The smallest absolute Gasteiger partial charge is 0.141 e. The van der Waals surface area contributed by atoms with Crippen LogP contribution in [0.5, 0.6) is 0 Å². The van der Waals surface area contributed by atoms with Crippen molar-refractivity contribution in [2.24, 2.45) is 0 Å². The average molecular weight is 284 g/mol. The van der Waals surface area contributed by atoms with Crippen LogP contribution >= 0.6 is 11.8 Å². The molecular formula is C16H13FN2S. The Bertz CT molecular complexity index is 678. The van der Waals surface area contributed by atoms with Gasteiger partial charge >= 0.3 is 0 Å². The molecule has 1 aliphatic rings. The molecule has 1 aliphatic heterocycles. The first-order valence-corrected chi connectivity index (χ1v) is 7.44. The zero-order valence-corrected chi connectivity index (χ0v) is 11.6. The van der Waals surface area contributed by atoms with E-state index in [0.29, 0.717) is 0 Å². The van der Waals surface area contributed by atoms with E-state index in [1.54, 1.807) is 12.1 Å². The standard InChI is InChI=1S/C16H13FN2S/c17-14-6-5-12(9-11(14)10-18)19-15-7-8-20-16-4-2-1-3-13(15)16/h1-6,9,15,19H,7-8H2. The van der Waals surface area contributed by atoms with Gasteiger partial charge in [0.25, 0.3) is 0 Å². The van der Waals surface area contributed by atoms with Crippen LogP contribution in [-0.2, 0) is 0 Å². The van der Waals surface area contributed by atoms with Crippen LogP contribution in [0.4, 0.5) is 10.1 Å². The number of hydrogen-bond donors (Lipinski definition) is 1. The minimum atomic E-state index is -0.474. The number of fused-ring (bicyclic) bond motifs is 1. The zero-order chi connectivity index (χ0) is 13.9. The van der Waals surface area contributed by atoms with Gasteiger partial charge in [-0.1, -0.05) is 18.2 Å². The normalized spacial score (nSPS) is 17.1. The highest BCUT2D eigenvalue weighted by Crippen LogP contribution is 2.37. The van der Waals surface area contributed by atoms with Gasteiger partial charge in [-0.2, -0.15) is 5.26 Å². The molecule has 1 N–H and O–H groups in total. The summed E-state index contributed by atoms with van der Waals surface area (Å²) in [6.45, 7) is 0. The van der Waals surface area contributed by atoms with E-state index in [2.05, 4.69) is 17.4 Å². The van der Waals surface area contributed by atoms with Crippen molar-refractivity contribution in [1.82, 2.24) is 0 Å². The molecular weight excluding hydrogens is 271 g/mol. The summed E-state index contributed by atoms with van der Waals surface area (Å²) in [5.41, 5.74) is 2.13. The van der Waals surface area contributed by atoms with E-state index >= 15 is 0 Å². The maximum absolute atomic E-state index is 13.3. The molecule has 1 unspecified atom stereocenters. The molecule has 0 bridgehead atoms. The molecule has 0 fully saturated rings. The lowest BCUT2D eigenvalue weighted by Gasteiger charge is -2.26. The van der Waals surface area contributed by atoms with Gasteiger partial charge in [0.2, 0.25) is 0 Å². The van der Waals surface area contributed by atoms with Gasteiger partial charge in [0, 0.05) is 16.3 Å². The Labute approximate surface area is 121 Å². The summed E-state index contributed by atoms with van der Waals surface area (Å²) < 4.78 is 13.3. The lowest BCUT2D eigenvalue weighted by Crippen LogP contribution is -2.16. The fourth-order valence-electron chi connectivity index (χ4n) is 2.39. The monoisotopic (exact) mass is 284 g/mol. The molecule has 0 saturated heterocycles. The van der Waals surface area contributed by atoms with E-state index in [1.165, 1.54) is 16.5 Å². The summed E-state index contributed by atoms with van der Waals surface area (Å²) in [6.07, 6.45) is 1.01. The third-order valence-electron chi connectivity index (χ3n) is 3.39. The molecule has 1 heterocycles. The van der Waals surface area contributed by atoms with Crippen molar-refractivity contribution in [2.75, 3.05) is 11.1 Å². The summed E-state index contributed by atoms with van der Waals surface area (Å²) in [5.74, 6) is 0.582. The Morgan fingerprint density at radius 2 is 2.10 bits per heavy atom. The largest absolute Gasteiger partial charge is 0.378 e. The van der Waals surface area contributed by atoms with Crippen LogP contribution in [0.3, 0.4) is 0 Å². The van der Waals surface area contributed by atoms with Crippen molar-refractivity contribution in [3.63, 3.8) is 0 Å². The number of anilines is 1. The van der Waals surface area contributed by atoms with E-state index < -0.39 is 5.82 Å². The molecule has 0 aromatic heterocycles. The molecule has 0 spiro atoms. The number of nitrogens with one attached hydrogen (secondary N) is 1. The van der Waals surface area contributed by atoms with Crippen molar-refractivity contribution in [1.29, 1.82) is 5.26 Å². The Hall–Kier alpha value is -1.99. The van der Waals surface area contributed by atoms with Crippen molar-refractivity contribution in [2.45, 2.75) is 17.4 Å². The van der Waals surface area contributed by atoms with Gasteiger partial charge in [0.1, 0.15) is 11.9 Å². The van der Waals surface area contributed by atoms with Gasteiger partial charge in [0.15, 0.2) is 0 Å². The quantitative estimate of drug-likeness (QED) is 0.890. The van der Waals surface area contributed by atoms with E-state index in [9.17, 15) is 4.39 Å². The average Bonchev–Trinajstić information content (AvgIpc) is 2.49. The molecule has 20 heavy (non-hydrogen) atoms.